The van der Waals surface area contributed by atoms with Gasteiger partial charge in [-0.3, -0.25) is 0 Å². The van der Waals surface area contributed by atoms with E-state index in [4.69, 9.17) is 0 Å². The first-order valence-electron chi connectivity index (χ1n) is 6.08. The maximum absolute atomic E-state index is 3.56. The molecule has 0 radical (unpaired) electrons. The summed E-state index contributed by atoms with van der Waals surface area (Å²) in [5.41, 5.74) is 4.29. The molecule has 1 saturated heterocycles. The number of aryl methyl sites for hydroxylation is 2. The number of rotatable bonds is 2. The Morgan fingerprint density at radius 2 is 2.12 bits per heavy atom. The van der Waals surface area contributed by atoms with Gasteiger partial charge in [0.2, 0.25) is 0 Å². The van der Waals surface area contributed by atoms with Gasteiger partial charge in [0.05, 0.1) is 0 Å². The largest absolute Gasteiger partial charge is 0.312 e. The molecule has 1 aromatic rings. The monoisotopic (exact) mass is 235 g/mol. The maximum atomic E-state index is 3.56. The molecular formula is C14H21NS. The van der Waals surface area contributed by atoms with Gasteiger partial charge in [-0.1, -0.05) is 18.2 Å². The highest BCUT2D eigenvalue weighted by atomic mass is 32.2. The summed E-state index contributed by atoms with van der Waals surface area (Å²) in [6.45, 7) is 7.85. The van der Waals surface area contributed by atoms with Crippen LogP contribution in [0.1, 0.15) is 23.6 Å². The van der Waals surface area contributed by atoms with Gasteiger partial charge in [0.1, 0.15) is 0 Å². The van der Waals surface area contributed by atoms with Crippen molar-refractivity contribution in [3.05, 3.63) is 34.9 Å². The highest BCUT2D eigenvalue weighted by Gasteiger charge is 2.21. The van der Waals surface area contributed by atoms with Gasteiger partial charge >= 0.3 is 0 Å². The van der Waals surface area contributed by atoms with E-state index in [1.54, 1.807) is 0 Å². The van der Waals surface area contributed by atoms with Gasteiger partial charge in [-0.2, -0.15) is 11.8 Å². The van der Waals surface area contributed by atoms with Crippen LogP contribution in [0.25, 0.3) is 0 Å². The third-order valence-corrected chi connectivity index (χ3v) is 4.91. The minimum absolute atomic E-state index is 0.639. The third-order valence-electron chi connectivity index (χ3n) is 3.47. The molecule has 2 rings (SSSR count). The molecule has 0 spiro atoms. The average molecular weight is 235 g/mol. The molecule has 1 aromatic carbocycles. The summed E-state index contributed by atoms with van der Waals surface area (Å²) in [5.74, 6) is 1.25. The van der Waals surface area contributed by atoms with Crippen molar-refractivity contribution in [1.82, 2.24) is 5.32 Å². The van der Waals surface area contributed by atoms with Gasteiger partial charge in [-0.25, -0.2) is 0 Å². The van der Waals surface area contributed by atoms with Crippen LogP contribution in [-0.2, 0) is 6.42 Å². The van der Waals surface area contributed by atoms with Crippen LogP contribution in [0.2, 0.25) is 0 Å². The zero-order chi connectivity index (χ0) is 11.5. The summed E-state index contributed by atoms with van der Waals surface area (Å²) in [6, 6.07) is 7.51. The van der Waals surface area contributed by atoms with Crippen LogP contribution in [0.15, 0.2) is 18.2 Å². The Hall–Kier alpha value is -0.470. The molecule has 1 aliphatic heterocycles. The summed E-state index contributed by atoms with van der Waals surface area (Å²) in [5, 5.41) is 4.29. The fraction of sp³-hybridized carbons (Fsp3) is 0.571. The van der Waals surface area contributed by atoms with Crippen LogP contribution in [0.5, 0.6) is 0 Å². The Morgan fingerprint density at radius 3 is 2.81 bits per heavy atom. The average Bonchev–Trinajstić information content (AvgIpc) is 2.27. The van der Waals surface area contributed by atoms with Crippen molar-refractivity contribution < 1.29 is 0 Å². The Balaban J connectivity index is 2.05. The van der Waals surface area contributed by atoms with Gasteiger partial charge in [0.15, 0.2) is 0 Å². The quantitative estimate of drug-likeness (QED) is 0.846. The molecule has 1 aliphatic rings. The number of hydrogen-bond acceptors (Lipinski definition) is 2. The van der Waals surface area contributed by atoms with Gasteiger partial charge in [0.25, 0.3) is 0 Å². The van der Waals surface area contributed by atoms with E-state index in [0.29, 0.717) is 6.04 Å². The van der Waals surface area contributed by atoms with Crippen molar-refractivity contribution in [3.63, 3.8) is 0 Å². The van der Waals surface area contributed by atoms with Crippen molar-refractivity contribution in [2.75, 3.05) is 12.3 Å². The van der Waals surface area contributed by atoms with Crippen LogP contribution in [0.3, 0.4) is 0 Å². The lowest BCUT2D eigenvalue weighted by Gasteiger charge is -2.29. The van der Waals surface area contributed by atoms with E-state index in [-0.39, 0.29) is 0 Å². The zero-order valence-electron chi connectivity index (χ0n) is 10.4. The van der Waals surface area contributed by atoms with E-state index < -0.39 is 0 Å². The summed E-state index contributed by atoms with van der Waals surface area (Å²) in [7, 11) is 0. The lowest BCUT2D eigenvalue weighted by Crippen LogP contribution is -2.42. The normalized spacial score (nSPS) is 25.7. The molecule has 1 fully saturated rings. The fourth-order valence-corrected chi connectivity index (χ4v) is 3.40. The number of hydrogen-bond donors (Lipinski definition) is 1. The van der Waals surface area contributed by atoms with Crippen molar-refractivity contribution in [3.8, 4) is 0 Å². The van der Waals surface area contributed by atoms with Crippen LogP contribution in [-0.4, -0.2) is 23.6 Å². The smallest absolute Gasteiger partial charge is 0.0239 e. The zero-order valence-corrected chi connectivity index (χ0v) is 11.2. The molecular weight excluding hydrogens is 214 g/mol. The van der Waals surface area contributed by atoms with Crippen LogP contribution >= 0.6 is 11.8 Å². The molecule has 1 nitrogen and oxygen atoms in total. The Morgan fingerprint density at radius 1 is 1.31 bits per heavy atom. The van der Waals surface area contributed by atoms with E-state index in [0.717, 1.165) is 11.8 Å². The van der Waals surface area contributed by atoms with Crippen molar-refractivity contribution in [2.45, 2.75) is 38.5 Å². The number of nitrogens with one attached hydrogen (secondary N) is 1. The Labute approximate surface area is 103 Å². The Kier molecular flexibility index (Phi) is 3.93. The summed E-state index contributed by atoms with van der Waals surface area (Å²) in [6.07, 6.45) is 1.19. The number of benzene rings is 1. The predicted octanol–water partition coefficient (Wildman–Crippen LogP) is 2.94. The van der Waals surface area contributed by atoms with Gasteiger partial charge in [-0.15, -0.1) is 0 Å². The first-order chi connectivity index (χ1) is 7.66. The molecule has 88 valence electrons. The predicted molar refractivity (Wildman–Crippen MR) is 73.3 cm³/mol. The summed E-state index contributed by atoms with van der Waals surface area (Å²) >= 11 is 2.11. The van der Waals surface area contributed by atoms with Crippen molar-refractivity contribution in [1.29, 1.82) is 0 Å². The van der Waals surface area contributed by atoms with E-state index in [9.17, 15) is 0 Å². The van der Waals surface area contributed by atoms with Crippen molar-refractivity contribution >= 4 is 11.8 Å². The van der Waals surface area contributed by atoms with Crippen molar-refractivity contribution in [2.24, 2.45) is 0 Å². The molecule has 0 aliphatic carbocycles. The molecule has 1 heterocycles. The SMILES string of the molecule is Cc1ccc(CC2SCCNC2C)cc1C. The second-order valence-electron chi connectivity index (χ2n) is 4.77. The summed E-state index contributed by atoms with van der Waals surface area (Å²) < 4.78 is 0. The first-order valence-corrected chi connectivity index (χ1v) is 7.13. The van der Waals surface area contributed by atoms with Crippen LogP contribution in [0, 0.1) is 13.8 Å². The van der Waals surface area contributed by atoms with Gasteiger partial charge in [0, 0.05) is 23.6 Å². The molecule has 2 heteroatoms. The number of thioether (sulfide) groups is 1. The van der Waals surface area contributed by atoms with Crippen LogP contribution < -0.4 is 5.32 Å². The van der Waals surface area contributed by atoms with E-state index in [2.05, 4.69) is 56.0 Å². The molecule has 16 heavy (non-hydrogen) atoms. The van der Waals surface area contributed by atoms with E-state index in [1.807, 2.05) is 0 Å². The molecule has 0 saturated carbocycles. The standard InChI is InChI=1S/C14H21NS/c1-10-4-5-13(8-11(10)2)9-14-12(3)15-6-7-16-14/h4-5,8,12,14-15H,6-7,9H2,1-3H3. The Bertz CT molecular complexity index is 362. The summed E-state index contributed by atoms with van der Waals surface area (Å²) in [4.78, 5) is 0. The minimum atomic E-state index is 0.639. The molecule has 1 N–H and O–H groups in total. The topological polar surface area (TPSA) is 12.0 Å². The van der Waals surface area contributed by atoms with E-state index in [1.165, 1.54) is 28.9 Å². The minimum Gasteiger partial charge on any atom is -0.312 e. The highest BCUT2D eigenvalue weighted by Crippen LogP contribution is 2.23. The van der Waals surface area contributed by atoms with Crippen LogP contribution in [0.4, 0.5) is 0 Å². The third kappa shape index (κ3) is 2.80. The molecule has 2 unspecified atom stereocenters. The molecule has 0 aromatic heterocycles. The molecule has 0 amide bonds. The maximum Gasteiger partial charge on any atom is 0.0239 e. The second kappa shape index (κ2) is 5.24. The highest BCUT2D eigenvalue weighted by molar-refractivity contribution is 8.00. The first kappa shape index (κ1) is 12.0. The lowest BCUT2D eigenvalue weighted by molar-refractivity contribution is 0.529. The van der Waals surface area contributed by atoms with Gasteiger partial charge in [-0.05, 0) is 43.9 Å². The van der Waals surface area contributed by atoms with Gasteiger partial charge < -0.3 is 5.32 Å². The fourth-order valence-electron chi connectivity index (χ4n) is 2.17. The van der Waals surface area contributed by atoms with E-state index >= 15 is 0 Å². The lowest BCUT2D eigenvalue weighted by atomic mass is 10.0. The molecule has 2 atom stereocenters. The molecule has 0 bridgehead atoms. The second-order valence-corrected chi connectivity index (χ2v) is 6.12.